The Morgan fingerprint density at radius 2 is 2.06 bits per heavy atom. The van der Waals surface area contributed by atoms with Gasteiger partial charge in [0.05, 0.1) is 11.7 Å². The third kappa shape index (κ3) is 3.55. The average Bonchev–Trinajstić information content (AvgIpc) is 2.20. The molecular weight excluding hydrogens is 204 g/mol. The van der Waals surface area contributed by atoms with Gasteiger partial charge in [0.15, 0.2) is 0 Å². The van der Waals surface area contributed by atoms with Crippen LogP contribution in [0.5, 0.6) is 5.75 Å². The van der Waals surface area contributed by atoms with E-state index in [1.165, 1.54) is 6.07 Å². The summed E-state index contributed by atoms with van der Waals surface area (Å²) < 4.78 is 0. The quantitative estimate of drug-likeness (QED) is 0.679. The Labute approximate surface area is 95.5 Å². The Bertz CT molecular complexity index is 364. The van der Waals surface area contributed by atoms with E-state index in [1.54, 1.807) is 18.2 Å². The number of hydrogen-bond donors (Lipinski definition) is 3. The zero-order chi connectivity index (χ0) is 12.1. The number of carbonyl (C=O) groups is 1. The summed E-state index contributed by atoms with van der Waals surface area (Å²) in [6.07, 6.45) is 0.624. The van der Waals surface area contributed by atoms with Gasteiger partial charge < -0.3 is 16.2 Å². The molecule has 0 bridgehead atoms. The molecule has 0 aromatic heterocycles. The van der Waals surface area contributed by atoms with Gasteiger partial charge in [-0.25, -0.2) is 0 Å². The molecule has 1 rings (SSSR count). The topological polar surface area (TPSA) is 75.4 Å². The van der Waals surface area contributed by atoms with Gasteiger partial charge in [-0.1, -0.05) is 26.0 Å². The van der Waals surface area contributed by atoms with E-state index >= 15 is 0 Å². The SMILES string of the molecule is CC(C)C[C@H](N)C(=O)Nc1ccccc1O. The van der Waals surface area contributed by atoms with Crippen molar-refractivity contribution in [2.24, 2.45) is 11.7 Å². The van der Waals surface area contributed by atoms with Crippen molar-refractivity contribution in [3.05, 3.63) is 24.3 Å². The number of amides is 1. The fraction of sp³-hybridized carbons (Fsp3) is 0.417. The Morgan fingerprint density at radius 1 is 1.44 bits per heavy atom. The minimum absolute atomic E-state index is 0.0487. The molecule has 0 aliphatic rings. The van der Waals surface area contributed by atoms with Crippen LogP contribution in [-0.4, -0.2) is 17.1 Å². The summed E-state index contributed by atoms with van der Waals surface area (Å²) >= 11 is 0. The lowest BCUT2D eigenvalue weighted by Gasteiger charge is -2.14. The lowest BCUT2D eigenvalue weighted by atomic mass is 10.0. The number of rotatable bonds is 4. The maximum Gasteiger partial charge on any atom is 0.241 e. The van der Waals surface area contributed by atoms with Crippen molar-refractivity contribution in [3.8, 4) is 5.75 Å². The van der Waals surface area contributed by atoms with Gasteiger partial charge in [-0.2, -0.15) is 0 Å². The van der Waals surface area contributed by atoms with Gasteiger partial charge in [0, 0.05) is 0 Å². The number of aromatic hydroxyl groups is 1. The highest BCUT2D eigenvalue weighted by Gasteiger charge is 2.15. The summed E-state index contributed by atoms with van der Waals surface area (Å²) in [4.78, 5) is 11.7. The Hall–Kier alpha value is -1.55. The maximum atomic E-state index is 11.7. The lowest BCUT2D eigenvalue weighted by Crippen LogP contribution is -2.36. The number of para-hydroxylation sites is 2. The second-order valence-corrected chi connectivity index (χ2v) is 4.24. The molecule has 4 nitrogen and oxygen atoms in total. The average molecular weight is 222 g/mol. The van der Waals surface area contributed by atoms with Gasteiger partial charge in [0.1, 0.15) is 5.75 Å². The van der Waals surface area contributed by atoms with Gasteiger partial charge in [0.2, 0.25) is 5.91 Å². The van der Waals surface area contributed by atoms with E-state index in [9.17, 15) is 9.90 Å². The number of phenols is 1. The van der Waals surface area contributed by atoms with Crippen LogP contribution in [-0.2, 0) is 4.79 Å². The van der Waals surface area contributed by atoms with E-state index in [0.717, 1.165) is 0 Å². The van der Waals surface area contributed by atoms with E-state index in [-0.39, 0.29) is 11.7 Å². The molecule has 4 heteroatoms. The summed E-state index contributed by atoms with van der Waals surface area (Å²) in [6, 6.07) is 6.04. The number of anilines is 1. The molecule has 0 spiro atoms. The molecule has 0 radical (unpaired) electrons. The van der Waals surface area contributed by atoms with Gasteiger partial charge in [0.25, 0.3) is 0 Å². The number of nitrogens with one attached hydrogen (secondary N) is 1. The number of benzene rings is 1. The second kappa shape index (κ2) is 5.51. The van der Waals surface area contributed by atoms with Crippen LogP contribution in [0, 0.1) is 5.92 Å². The smallest absolute Gasteiger partial charge is 0.241 e. The summed E-state index contributed by atoms with van der Waals surface area (Å²) in [5, 5.41) is 12.1. The molecule has 0 heterocycles. The van der Waals surface area contributed by atoms with E-state index < -0.39 is 6.04 Å². The molecule has 16 heavy (non-hydrogen) atoms. The van der Waals surface area contributed by atoms with Crippen molar-refractivity contribution >= 4 is 11.6 Å². The van der Waals surface area contributed by atoms with Gasteiger partial charge >= 0.3 is 0 Å². The maximum absolute atomic E-state index is 11.7. The van der Waals surface area contributed by atoms with Crippen molar-refractivity contribution in [2.75, 3.05) is 5.32 Å². The molecule has 1 atom stereocenters. The zero-order valence-electron chi connectivity index (χ0n) is 9.60. The van der Waals surface area contributed by atoms with Crippen molar-refractivity contribution < 1.29 is 9.90 Å². The summed E-state index contributed by atoms with van der Waals surface area (Å²) in [5.41, 5.74) is 6.12. The molecule has 0 unspecified atom stereocenters. The third-order valence-corrected chi connectivity index (χ3v) is 2.22. The van der Waals surface area contributed by atoms with Crippen LogP contribution in [0.3, 0.4) is 0 Å². The van der Waals surface area contributed by atoms with E-state index in [4.69, 9.17) is 5.73 Å². The molecule has 88 valence electrons. The number of nitrogens with two attached hydrogens (primary N) is 1. The second-order valence-electron chi connectivity index (χ2n) is 4.24. The molecule has 0 aliphatic heterocycles. The van der Waals surface area contributed by atoms with Crippen molar-refractivity contribution in [2.45, 2.75) is 26.3 Å². The fourth-order valence-corrected chi connectivity index (χ4v) is 1.42. The highest BCUT2D eigenvalue weighted by Crippen LogP contribution is 2.21. The lowest BCUT2D eigenvalue weighted by molar-refractivity contribution is -0.117. The monoisotopic (exact) mass is 222 g/mol. The van der Waals surface area contributed by atoms with Crippen LogP contribution < -0.4 is 11.1 Å². The van der Waals surface area contributed by atoms with Gasteiger partial charge in [-0.15, -0.1) is 0 Å². The highest BCUT2D eigenvalue weighted by molar-refractivity contribution is 5.95. The van der Waals surface area contributed by atoms with E-state index in [0.29, 0.717) is 18.0 Å². The molecule has 1 amide bonds. The molecule has 0 saturated carbocycles. The Morgan fingerprint density at radius 3 is 2.62 bits per heavy atom. The first-order chi connectivity index (χ1) is 7.50. The Kier molecular flexibility index (Phi) is 4.31. The minimum Gasteiger partial charge on any atom is -0.506 e. The van der Waals surface area contributed by atoms with E-state index in [1.807, 2.05) is 13.8 Å². The van der Waals surface area contributed by atoms with Crippen LogP contribution in [0.1, 0.15) is 20.3 Å². The van der Waals surface area contributed by atoms with Gasteiger partial charge in [-0.3, -0.25) is 4.79 Å². The molecule has 0 fully saturated rings. The molecule has 4 N–H and O–H groups in total. The Balaban J connectivity index is 2.61. The fourth-order valence-electron chi connectivity index (χ4n) is 1.42. The summed E-state index contributed by atoms with van der Waals surface area (Å²) in [5.74, 6) is 0.146. The molecule has 0 saturated heterocycles. The number of carbonyl (C=O) groups excluding carboxylic acids is 1. The first kappa shape index (κ1) is 12.5. The standard InChI is InChI=1S/C12H18N2O2/c1-8(2)7-9(13)12(16)14-10-5-3-4-6-11(10)15/h3-6,8-9,15H,7,13H2,1-2H3,(H,14,16)/t9-/m0/s1. The van der Waals surface area contributed by atoms with Gasteiger partial charge in [-0.05, 0) is 24.5 Å². The predicted octanol–water partition coefficient (Wildman–Crippen LogP) is 1.70. The third-order valence-electron chi connectivity index (χ3n) is 2.22. The normalized spacial score (nSPS) is 12.5. The molecule has 0 aliphatic carbocycles. The first-order valence-corrected chi connectivity index (χ1v) is 5.35. The van der Waals surface area contributed by atoms with Crippen LogP contribution in [0.4, 0.5) is 5.69 Å². The molecular formula is C12H18N2O2. The van der Waals surface area contributed by atoms with Crippen LogP contribution in [0.2, 0.25) is 0 Å². The molecule has 1 aromatic rings. The summed E-state index contributed by atoms with van der Waals surface area (Å²) in [6.45, 7) is 4.01. The summed E-state index contributed by atoms with van der Waals surface area (Å²) in [7, 11) is 0. The van der Waals surface area contributed by atoms with Crippen LogP contribution in [0.15, 0.2) is 24.3 Å². The first-order valence-electron chi connectivity index (χ1n) is 5.35. The van der Waals surface area contributed by atoms with E-state index in [2.05, 4.69) is 5.32 Å². The van der Waals surface area contributed by atoms with Crippen molar-refractivity contribution in [1.29, 1.82) is 0 Å². The molecule has 1 aromatic carbocycles. The number of hydrogen-bond acceptors (Lipinski definition) is 3. The number of phenolic OH excluding ortho intramolecular Hbond substituents is 1. The largest absolute Gasteiger partial charge is 0.506 e. The highest BCUT2D eigenvalue weighted by atomic mass is 16.3. The predicted molar refractivity (Wildman–Crippen MR) is 64.2 cm³/mol. The minimum atomic E-state index is -0.542. The zero-order valence-corrected chi connectivity index (χ0v) is 9.60. The van der Waals surface area contributed by atoms with Crippen molar-refractivity contribution in [3.63, 3.8) is 0 Å². The van der Waals surface area contributed by atoms with Crippen molar-refractivity contribution in [1.82, 2.24) is 0 Å². The van der Waals surface area contributed by atoms with Crippen LogP contribution >= 0.6 is 0 Å². The van der Waals surface area contributed by atoms with Crippen LogP contribution in [0.25, 0.3) is 0 Å².